The van der Waals surface area contributed by atoms with Gasteiger partial charge < -0.3 is 15.6 Å². The maximum Gasteiger partial charge on any atom is 0.293 e. The van der Waals surface area contributed by atoms with E-state index in [1.54, 1.807) is 17.0 Å². The van der Waals surface area contributed by atoms with Crippen molar-refractivity contribution in [3.05, 3.63) is 22.7 Å². The molecule has 0 fully saturated rings. The van der Waals surface area contributed by atoms with E-state index in [1.807, 2.05) is 0 Å². The maximum absolute atomic E-state index is 12.3. The zero-order valence-electron chi connectivity index (χ0n) is 12.4. The van der Waals surface area contributed by atoms with Gasteiger partial charge in [-0.1, -0.05) is 20.8 Å². The second-order valence-electron chi connectivity index (χ2n) is 5.71. The van der Waals surface area contributed by atoms with Gasteiger partial charge in [-0.15, -0.1) is 0 Å². The monoisotopic (exact) mass is 266 g/mol. The predicted molar refractivity (Wildman–Crippen MR) is 79.3 cm³/mol. The smallest absolute Gasteiger partial charge is 0.293 e. The molecule has 108 valence electrons. The van der Waals surface area contributed by atoms with Crippen LogP contribution in [0, 0.1) is 5.92 Å². The minimum Gasteiger partial charge on any atom is -0.360 e. The highest BCUT2D eigenvalue weighted by Crippen LogP contribution is 2.18. The normalized spacial score (nSPS) is 14.4. The third kappa shape index (κ3) is 4.35. The quantitative estimate of drug-likeness (QED) is 0.789. The van der Waals surface area contributed by atoms with Crippen LogP contribution in [0.4, 0.5) is 5.82 Å². The topological polar surface area (TPSA) is 72.9 Å². The van der Waals surface area contributed by atoms with E-state index in [0.717, 1.165) is 12.8 Å². The lowest BCUT2D eigenvalue weighted by atomic mass is 9.94. The Morgan fingerprint density at radius 3 is 2.74 bits per heavy atom. The van der Waals surface area contributed by atoms with Crippen molar-refractivity contribution in [2.24, 2.45) is 11.7 Å². The van der Waals surface area contributed by atoms with Gasteiger partial charge in [0.1, 0.15) is 0 Å². The number of aromatic nitrogens is 2. The zero-order chi connectivity index (χ0) is 14.5. The molecular weight excluding hydrogens is 240 g/mol. The van der Waals surface area contributed by atoms with Crippen molar-refractivity contribution in [2.75, 3.05) is 11.9 Å². The van der Waals surface area contributed by atoms with Gasteiger partial charge in [0.05, 0.1) is 0 Å². The Kier molecular flexibility index (Phi) is 5.54. The van der Waals surface area contributed by atoms with Crippen molar-refractivity contribution in [1.29, 1.82) is 0 Å². The van der Waals surface area contributed by atoms with E-state index < -0.39 is 0 Å². The van der Waals surface area contributed by atoms with Crippen molar-refractivity contribution < 1.29 is 0 Å². The molecule has 1 rings (SSSR count). The average molecular weight is 266 g/mol. The van der Waals surface area contributed by atoms with Gasteiger partial charge in [0.2, 0.25) is 0 Å². The Hall–Kier alpha value is -1.36. The molecule has 1 aromatic rings. The summed E-state index contributed by atoms with van der Waals surface area (Å²) in [5, 5.41) is 3.26. The van der Waals surface area contributed by atoms with E-state index in [-0.39, 0.29) is 11.1 Å². The van der Waals surface area contributed by atoms with Gasteiger partial charge in [-0.3, -0.25) is 4.79 Å². The maximum atomic E-state index is 12.3. The van der Waals surface area contributed by atoms with Gasteiger partial charge in [0, 0.05) is 24.5 Å². The molecule has 1 aromatic heterocycles. The van der Waals surface area contributed by atoms with Gasteiger partial charge in [0.15, 0.2) is 5.82 Å². The van der Waals surface area contributed by atoms with E-state index in [9.17, 15) is 4.79 Å². The summed E-state index contributed by atoms with van der Waals surface area (Å²) < 4.78 is 1.71. The number of hydrogen-bond donors (Lipinski definition) is 2. The van der Waals surface area contributed by atoms with Crippen LogP contribution >= 0.6 is 0 Å². The zero-order valence-corrected chi connectivity index (χ0v) is 12.4. The molecule has 0 radical (unpaired) electrons. The van der Waals surface area contributed by atoms with Gasteiger partial charge in [-0.25, -0.2) is 4.98 Å². The fourth-order valence-corrected chi connectivity index (χ4v) is 2.00. The van der Waals surface area contributed by atoms with Crippen molar-refractivity contribution in [1.82, 2.24) is 9.55 Å². The minimum atomic E-state index is -0.183. The average Bonchev–Trinajstić information content (AvgIpc) is 2.34. The van der Waals surface area contributed by atoms with Crippen LogP contribution in [-0.2, 0) is 6.54 Å². The summed E-state index contributed by atoms with van der Waals surface area (Å²) in [5.74, 6) is 0.843. The largest absolute Gasteiger partial charge is 0.360 e. The second-order valence-corrected chi connectivity index (χ2v) is 5.71. The van der Waals surface area contributed by atoms with E-state index in [0.29, 0.717) is 24.8 Å². The summed E-state index contributed by atoms with van der Waals surface area (Å²) in [6.45, 7) is 9.62. The third-order valence-electron chi connectivity index (χ3n) is 3.37. The summed E-state index contributed by atoms with van der Waals surface area (Å²) in [6, 6.07) is 0. The summed E-state index contributed by atoms with van der Waals surface area (Å²) in [6.07, 6.45) is 5.11. The van der Waals surface area contributed by atoms with Crippen molar-refractivity contribution in [2.45, 2.75) is 52.6 Å². The van der Waals surface area contributed by atoms with E-state index in [1.165, 1.54) is 0 Å². The van der Waals surface area contributed by atoms with Crippen LogP contribution in [0.25, 0.3) is 0 Å². The highest BCUT2D eigenvalue weighted by atomic mass is 16.1. The summed E-state index contributed by atoms with van der Waals surface area (Å²) in [7, 11) is 0. The number of nitrogens with zero attached hydrogens (tertiary/aromatic N) is 2. The fourth-order valence-electron chi connectivity index (χ4n) is 2.00. The predicted octanol–water partition coefficient (Wildman–Crippen LogP) is 1.83. The summed E-state index contributed by atoms with van der Waals surface area (Å²) in [4.78, 5) is 16.5. The first-order chi connectivity index (χ1) is 8.91. The molecule has 0 saturated heterocycles. The standard InChI is InChI=1S/C14H26N4O/c1-5-14(4,6-7-15)17-12-13(19)18(9-8-16-12)10-11(2)3/h8-9,11H,5-7,10,15H2,1-4H3,(H,16,17). The summed E-state index contributed by atoms with van der Waals surface area (Å²) in [5.41, 5.74) is 5.39. The minimum absolute atomic E-state index is 0.0621. The molecule has 3 N–H and O–H groups in total. The van der Waals surface area contributed by atoms with Gasteiger partial charge >= 0.3 is 0 Å². The number of rotatable bonds is 7. The molecule has 5 heteroatoms. The van der Waals surface area contributed by atoms with Crippen LogP contribution in [0.5, 0.6) is 0 Å². The Morgan fingerprint density at radius 2 is 2.21 bits per heavy atom. The number of nitrogens with two attached hydrogens (primary N) is 1. The van der Waals surface area contributed by atoms with Gasteiger partial charge in [-0.05, 0) is 32.2 Å². The molecule has 0 bridgehead atoms. The molecule has 0 spiro atoms. The Bertz CT molecular complexity index is 455. The molecule has 0 aliphatic heterocycles. The molecule has 1 atom stereocenters. The van der Waals surface area contributed by atoms with Crippen molar-refractivity contribution in [3.8, 4) is 0 Å². The first-order valence-corrected chi connectivity index (χ1v) is 6.95. The lowest BCUT2D eigenvalue weighted by molar-refractivity contribution is 0.458. The fraction of sp³-hybridized carbons (Fsp3) is 0.714. The molecule has 0 aliphatic rings. The lowest BCUT2D eigenvalue weighted by Crippen LogP contribution is -2.39. The van der Waals surface area contributed by atoms with Gasteiger partial charge in [0.25, 0.3) is 5.56 Å². The van der Waals surface area contributed by atoms with Crippen LogP contribution in [0.15, 0.2) is 17.2 Å². The van der Waals surface area contributed by atoms with Crippen LogP contribution < -0.4 is 16.6 Å². The SMILES string of the molecule is CCC(C)(CCN)Nc1nccn(CC(C)C)c1=O. The molecule has 0 aliphatic carbocycles. The van der Waals surface area contributed by atoms with Gasteiger partial charge in [-0.2, -0.15) is 0 Å². The van der Waals surface area contributed by atoms with Crippen LogP contribution in [0.3, 0.4) is 0 Å². The van der Waals surface area contributed by atoms with Crippen LogP contribution in [0.2, 0.25) is 0 Å². The number of hydrogen-bond acceptors (Lipinski definition) is 4. The van der Waals surface area contributed by atoms with E-state index in [2.05, 4.69) is 38.0 Å². The molecule has 19 heavy (non-hydrogen) atoms. The van der Waals surface area contributed by atoms with Crippen molar-refractivity contribution in [3.63, 3.8) is 0 Å². The van der Waals surface area contributed by atoms with Crippen LogP contribution in [-0.4, -0.2) is 21.6 Å². The molecule has 1 unspecified atom stereocenters. The van der Waals surface area contributed by atoms with Crippen molar-refractivity contribution >= 4 is 5.82 Å². The Balaban J connectivity index is 2.98. The molecular formula is C14H26N4O. The molecule has 0 aromatic carbocycles. The van der Waals surface area contributed by atoms with Crippen LogP contribution in [0.1, 0.15) is 40.5 Å². The molecule has 1 heterocycles. The molecule has 5 nitrogen and oxygen atoms in total. The highest BCUT2D eigenvalue weighted by molar-refractivity contribution is 5.34. The first-order valence-electron chi connectivity index (χ1n) is 6.95. The second kappa shape index (κ2) is 6.70. The van der Waals surface area contributed by atoms with E-state index >= 15 is 0 Å². The molecule has 0 saturated carbocycles. The van der Waals surface area contributed by atoms with E-state index in [4.69, 9.17) is 5.73 Å². The first kappa shape index (κ1) is 15.7. The summed E-state index contributed by atoms with van der Waals surface area (Å²) >= 11 is 0. The lowest BCUT2D eigenvalue weighted by Gasteiger charge is -2.29. The Labute approximate surface area is 115 Å². The molecule has 0 amide bonds. The Morgan fingerprint density at radius 1 is 1.53 bits per heavy atom. The number of anilines is 1. The third-order valence-corrected chi connectivity index (χ3v) is 3.37. The highest BCUT2D eigenvalue weighted by Gasteiger charge is 2.22. The number of nitrogens with one attached hydrogen (secondary N) is 1.